The number of aromatic nitrogens is 1. The molecule has 0 aliphatic heterocycles. The smallest absolute Gasteiger partial charge is 0.176 e. The van der Waals surface area contributed by atoms with Gasteiger partial charge in [0.1, 0.15) is 0 Å². The van der Waals surface area contributed by atoms with Gasteiger partial charge in [0, 0.05) is 17.8 Å². The molecule has 0 radical (unpaired) electrons. The molecule has 1 aromatic heterocycles. The molecule has 0 aliphatic carbocycles. The number of para-hydroxylation sites is 1. The molecule has 0 amide bonds. The Kier molecular flexibility index (Phi) is 1.69. The van der Waals surface area contributed by atoms with Gasteiger partial charge < -0.3 is 4.98 Å². The summed E-state index contributed by atoms with van der Waals surface area (Å²) < 4.78 is 0. The van der Waals surface area contributed by atoms with Crippen LogP contribution in [-0.2, 0) is 0 Å². The minimum Gasteiger partial charge on any atom is -0.352 e. The topological polar surface area (TPSA) is 32.9 Å². The molecule has 0 fully saturated rings. The first-order valence-electron chi connectivity index (χ1n) is 4.28. The molecule has 2 rings (SSSR count). The zero-order valence-electron chi connectivity index (χ0n) is 7.72. The van der Waals surface area contributed by atoms with Crippen LogP contribution in [0.4, 0.5) is 0 Å². The third-order valence-electron chi connectivity index (χ3n) is 2.32. The van der Waals surface area contributed by atoms with Gasteiger partial charge in [-0.25, -0.2) is 0 Å². The first-order valence-corrected chi connectivity index (χ1v) is 4.28. The van der Waals surface area contributed by atoms with E-state index in [9.17, 15) is 4.79 Å². The predicted octanol–water partition coefficient (Wildman–Crippen LogP) is 2.68. The normalized spacial score (nSPS) is 10.6. The van der Waals surface area contributed by atoms with E-state index in [1.54, 1.807) is 6.92 Å². The van der Waals surface area contributed by atoms with Gasteiger partial charge in [0.25, 0.3) is 0 Å². The molecule has 0 aliphatic rings. The Morgan fingerprint density at radius 1 is 1.31 bits per heavy atom. The van der Waals surface area contributed by atoms with E-state index < -0.39 is 0 Å². The van der Waals surface area contributed by atoms with Crippen LogP contribution in [0.5, 0.6) is 0 Å². The Morgan fingerprint density at radius 2 is 2.00 bits per heavy atom. The van der Waals surface area contributed by atoms with E-state index in [1.807, 2.05) is 31.2 Å². The number of nitrogens with one attached hydrogen (secondary N) is 1. The quantitative estimate of drug-likeness (QED) is 0.661. The summed E-state index contributed by atoms with van der Waals surface area (Å²) in [6, 6.07) is 7.94. The maximum atomic E-state index is 11.2. The van der Waals surface area contributed by atoms with E-state index in [2.05, 4.69) is 4.98 Å². The highest BCUT2D eigenvalue weighted by atomic mass is 16.1. The summed E-state index contributed by atoms with van der Waals surface area (Å²) in [6.07, 6.45) is 0. The number of aromatic amines is 1. The van der Waals surface area contributed by atoms with Gasteiger partial charge in [0.05, 0.1) is 5.69 Å². The monoisotopic (exact) mass is 173 g/mol. The number of H-pyrrole nitrogens is 1. The average molecular weight is 173 g/mol. The van der Waals surface area contributed by atoms with Crippen molar-refractivity contribution < 1.29 is 4.79 Å². The minimum atomic E-state index is 0.0914. The molecule has 0 atom stereocenters. The lowest BCUT2D eigenvalue weighted by Crippen LogP contribution is -1.93. The summed E-state index contributed by atoms with van der Waals surface area (Å²) in [7, 11) is 0. The first kappa shape index (κ1) is 8.05. The van der Waals surface area contributed by atoms with E-state index in [-0.39, 0.29) is 5.78 Å². The van der Waals surface area contributed by atoms with Crippen LogP contribution >= 0.6 is 0 Å². The molecule has 13 heavy (non-hydrogen) atoms. The van der Waals surface area contributed by atoms with E-state index in [0.29, 0.717) is 0 Å². The average Bonchev–Trinajstić information content (AvgIpc) is 2.45. The lowest BCUT2D eigenvalue weighted by atomic mass is 10.1. The second kappa shape index (κ2) is 2.73. The molecular formula is C11H11NO. The fraction of sp³-hybridized carbons (Fsp3) is 0.182. The van der Waals surface area contributed by atoms with Gasteiger partial charge in [-0.05, 0) is 18.6 Å². The molecule has 66 valence electrons. The van der Waals surface area contributed by atoms with Crippen molar-refractivity contribution in [2.45, 2.75) is 13.8 Å². The highest BCUT2D eigenvalue weighted by Crippen LogP contribution is 2.21. The summed E-state index contributed by atoms with van der Waals surface area (Å²) >= 11 is 0. The summed E-state index contributed by atoms with van der Waals surface area (Å²) in [5, 5.41) is 1.13. The Hall–Kier alpha value is -1.57. The Balaban J connectivity index is 2.81. The molecule has 0 saturated carbocycles. The van der Waals surface area contributed by atoms with E-state index in [1.165, 1.54) is 0 Å². The van der Waals surface area contributed by atoms with Crippen LogP contribution in [0.1, 0.15) is 23.0 Å². The van der Waals surface area contributed by atoms with Crippen LogP contribution in [-0.4, -0.2) is 10.8 Å². The van der Waals surface area contributed by atoms with Gasteiger partial charge in [-0.1, -0.05) is 18.2 Å². The van der Waals surface area contributed by atoms with Crippen LogP contribution in [0.25, 0.3) is 10.9 Å². The van der Waals surface area contributed by atoms with Crippen LogP contribution < -0.4 is 0 Å². The summed E-state index contributed by atoms with van der Waals surface area (Å²) in [4.78, 5) is 14.3. The van der Waals surface area contributed by atoms with E-state index in [0.717, 1.165) is 22.2 Å². The van der Waals surface area contributed by atoms with Crippen LogP contribution in [0.2, 0.25) is 0 Å². The van der Waals surface area contributed by atoms with Gasteiger partial charge in [0.2, 0.25) is 0 Å². The van der Waals surface area contributed by atoms with E-state index >= 15 is 0 Å². The Morgan fingerprint density at radius 3 is 2.62 bits per heavy atom. The largest absolute Gasteiger partial charge is 0.352 e. The molecule has 0 bridgehead atoms. The Bertz CT molecular complexity index is 468. The van der Waals surface area contributed by atoms with Crippen molar-refractivity contribution in [3.8, 4) is 0 Å². The van der Waals surface area contributed by atoms with Crippen molar-refractivity contribution in [2.75, 3.05) is 0 Å². The second-order valence-corrected chi connectivity index (χ2v) is 3.23. The Labute approximate surface area is 76.6 Å². The molecule has 2 aromatic rings. The number of carbonyl (C=O) groups is 1. The maximum Gasteiger partial charge on any atom is 0.176 e. The van der Waals surface area contributed by atoms with Crippen molar-refractivity contribution in [1.82, 2.24) is 4.98 Å². The number of rotatable bonds is 1. The first-order chi connectivity index (χ1) is 6.20. The minimum absolute atomic E-state index is 0.0914. The zero-order chi connectivity index (χ0) is 9.42. The number of benzene rings is 1. The fourth-order valence-electron chi connectivity index (χ4n) is 1.63. The molecule has 1 heterocycles. The lowest BCUT2D eigenvalue weighted by molar-refractivity contribution is 0.101. The van der Waals surface area contributed by atoms with Gasteiger partial charge in [0.15, 0.2) is 5.78 Å². The van der Waals surface area contributed by atoms with Gasteiger partial charge in [-0.2, -0.15) is 0 Å². The number of aryl methyl sites for hydroxylation is 1. The summed E-state index contributed by atoms with van der Waals surface area (Å²) in [5.41, 5.74) is 2.80. The molecule has 2 nitrogen and oxygen atoms in total. The number of hydrogen-bond donors (Lipinski definition) is 1. The number of ketones is 1. The highest BCUT2D eigenvalue weighted by molar-refractivity contribution is 6.00. The predicted molar refractivity (Wildman–Crippen MR) is 53.0 cm³/mol. The molecule has 1 N–H and O–H groups in total. The molecule has 0 saturated heterocycles. The fourth-order valence-corrected chi connectivity index (χ4v) is 1.63. The maximum absolute atomic E-state index is 11.2. The van der Waals surface area contributed by atoms with Crippen molar-refractivity contribution in [2.24, 2.45) is 0 Å². The van der Waals surface area contributed by atoms with Gasteiger partial charge in [-0.3, -0.25) is 4.79 Å². The van der Waals surface area contributed by atoms with Crippen LogP contribution in [0.3, 0.4) is 0 Å². The molecular weight excluding hydrogens is 162 g/mol. The number of fused-ring (bicyclic) bond motifs is 1. The van der Waals surface area contributed by atoms with Crippen molar-refractivity contribution in [3.05, 3.63) is 35.5 Å². The number of Topliss-reactive ketones (excluding diaryl/α,β-unsaturated/α-hetero) is 1. The van der Waals surface area contributed by atoms with Gasteiger partial charge in [-0.15, -0.1) is 0 Å². The lowest BCUT2D eigenvalue weighted by Gasteiger charge is -1.90. The molecule has 2 heteroatoms. The van der Waals surface area contributed by atoms with Crippen molar-refractivity contribution >= 4 is 16.7 Å². The second-order valence-electron chi connectivity index (χ2n) is 3.23. The third-order valence-corrected chi connectivity index (χ3v) is 2.32. The summed E-state index contributed by atoms with van der Waals surface area (Å²) in [6.45, 7) is 3.55. The highest BCUT2D eigenvalue weighted by Gasteiger charge is 2.09. The number of hydrogen-bond acceptors (Lipinski definition) is 1. The third kappa shape index (κ3) is 1.15. The van der Waals surface area contributed by atoms with Crippen LogP contribution in [0, 0.1) is 6.92 Å². The molecule has 0 unspecified atom stereocenters. The number of carbonyl (C=O) groups excluding carboxylic acids is 1. The summed E-state index contributed by atoms with van der Waals surface area (Å²) in [5.74, 6) is 0.0914. The SMILES string of the molecule is CC(=O)c1[nH]c2ccccc2c1C. The zero-order valence-corrected chi connectivity index (χ0v) is 7.72. The van der Waals surface area contributed by atoms with Crippen molar-refractivity contribution in [3.63, 3.8) is 0 Å². The van der Waals surface area contributed by atoms with Crippen molar-refractivity contribution in [1.29, 1.82) is 0 Å². The van der Waals surface area contributed by atoms with Gasteiger partial charge >= 0.3 is 0 Å². The molecule has 0 spiro atoms. The molecule has 1 aromatic carbocycles. The van der Waals surface area contributed by atoms with Crippen LogP contribution in [0.15, 0.2) is 24.3 Å². The van der Waals surface area contributed by atoms with E-state index in [4.69, 9.17) is 0 Å². The standard InChI is InChI=1S/C11H11NO/c1-7-9-5-3-4-6-10(9)12-11(7)8(2)13/h3-6,12H,1-2H3.